The normalized spacial score (nSPS) is 7.71. The van der Waals surface area contributed by atoms with E-state index in [0.29, 0.717) is 0 Å². The molecule has 2 heterocycles. The van der Waals surface area contributed by atoms with E-state index in [0.717, 1.165) is 6.51 Å². The molecule has 14 heavy (non-hydrogen) atoms. The Hall–Kier alpha value is -0.468. The number of aromatic amines is 2. The van der Waals surface area contributed by atoms with E-state index in [-0.39, 0.29) is 24.0 Å². The average molecular weight is 408 g/mol. The number of nitrogens with zero attached hydrogens (tertiary/aromatic N) is 4. The van der Waals surface area contributed by atoms with Crippen molar-refractivity contribution in [2.24, 2.45) is 0 Å². The summed E-state index contributed by atoms with van der Waals surface area (Å²) in [5.41, 5.74) is 0. The minimum absolute atomic E-state index is 0. The van der Waals surface area contributed by atoms with E-state index >= 15 is 0 Å². The van der Waals surface area contributed by atoms with Gasteiger partial charge in [-0.2, -0.15) is 0 Å². The van der Waals surface area contributed by atoms with Gasteiger partial charge in [-0.05, 0) is 0 Å². The fourth-order valence-corrected chi connectivity index (χ4v) is 3.78. The molecule has 0 amide bonds. The van der Waals surface area contributed by atoms with Gasteiger partial charge in [0.15, 0.2) is 0 Å². The van der Waals surface area contributed by atoms with Crippen molar-refractivity contribution in [3.63, 3.8) is 0 Å². The molecule has 0 atom stereocenters. The molecular weight excluding hydrogens is 403 g/mol. The van der Waals surface area contributed by atoms with E-state index in [2.05, 4.69) is 30.8 Å². The van der Waals surface area contributed by atoms with Crippen LogP contribution in [0, 0.1) is 9.93 Å². The monoisotopic (exact) mass is 410 g/mol. The second kappa shape index (κ2) is 7.89. The molecule has 0 aliphatic carbocycles. The second-order valence-corrected chi connectivity index (χ2v) is 7.25. The summed E-state index contributed by atoms with van der Waals surface area (Å²) in [6.07, 6.45) is 3.65. The molecule has 2 aromatic rings. The van der Waals surface area contributed by atoms with Crippen LogP contribution in [0.3, 0.4) is 0 Å². The number of hydrogen-bond donors (Lipinski definition) is 2. The molecule has 0 saturated carbocycles. The van der Waals surface area contributed by atoms with Gasteiger partial charge in [-0.15, -0.1) is 24.0 Å². The molecule has 0 bridgehead atoms. The zero-order valence-electron chi connectivity index (χ0n) is 6.88. The first kappa shape index (κ1) is 13.5. The molecule has 0 aliphatic heterocycles. The van der Waals surface area contributed by atoms with Crippen LogP contribution in [0.4, 0.5) is 0 Å². The van der Waals surface area contributed by atoms with E-state index in [1.165, 1.54) is 0 Å². The quantitative estimate of drug-likeness (QED) is 0.468. The van der Waals surface area contributed by atoms with Crippen LogP contribution in [0.5, 0.6) is 0 Å². The summed E-state index contributed by atoms with van der Waals surface area (Å²) in [6.45, 7) is 0. The van der Waals surface area contributed by atoms with Crippen molar-refractivity contribution in [1.82, 2.24) is 30.8 Å². The molecule has 0 unspecified atom stereocenters. The molecule has 0 spiro atoms. The first-order chi connectivity index (χ1) is 6.45. The Kier molecular flexibility index (Phi) is 7.63. The first-order valence-corrected chi connectivity index (χ1v) is 7.36. The van der Waals surface area contributed by atoms with Crippen LogP contribution in [-0.4, -0.2) is 30.8 Å². The van der Waals surface area contributed by atoms with Crippen molar-refractivity contribution < 1.29 is 24.2 Å². The molecule has 2 rings (SSSR count). The van der Waals surface area contributed by atoms with Gasteiger partial charge in [-0.1, -0.05) is 0 Å². The van der Waals surface area contributed by atoms with E-state index < -0.39 is 24.2 Å². The van der Waals surface area contributed by atoms with E-state index in [1.807, 2.05) is 12.4 Å². The number of rotatable bonds is 2. The molecule has 0 saturated heterocycles. The molecule has 0 aliphatic rings. The summed E-state index contributed by atoms with van der Waals surface area (Å²) in [5.74, 6) is 0. The Morgan fingerprint density at radius 1 is 1.00 bits per heavy atom. The Morgan fingerprint density at radius 3 is 1.71 bits per heavy atom. The maximum atomic E-state index is 7.00. The molecule has 2 N–H and O–H groups in total. The van der Waals surface area contributed by atoms with E-state index in [9.17, 15) is 0 Å². The first-order valence-electron chi connectivity index (χ1n) is 3.32. The minimum atomic E-state index is -1.18. The van der Waals surface area contributed by atoms with Crippen LogP contribution in [0.1, 0.15) is 0 Å². The summed E-state index contributed by atoms with van der Waals surface area (Å²) in [7, 11) is 0. The van der Waals surface area contributed by atoms with Crippen molar-refractivity contribution >= 4 is 30.5 Å². The van der Waals surface area contributed by atoms with E-state index in [1.54, 1.807) is 0 Å². The molecule has 2 aromatic heterocycles. The van der Waals surface area contributed by atoms with Crippen molar-refractivity contribution in [2.75, 3.05) is 0 Å². The second-order valence-electron chi connectivity index (χ2n) is 2.11. The van der Waals surface area contributed by atoms with Crippen molar-refractivity contribution in [2.45, 2.75) is 0 Å². The van der Waals surface area contributed by atoms with Gasteiger partial charge in [-0.3, -0.25) is 0 Å². The fourth-order valence-electron chi connectivity index (χ4n) is 0.809. The van der Waals surface area contributed by atoms with Crippen molar-refractivity contribution in [3.8, 4) is 0 Å². The number of halogens is 1. The number of aromatic nitrogens is 6. The van der Waals surface area contributed by atoms with Gasteiger partial charge in [0.2, 0.25) is 0 Å². The van der Waals surface area contributed by atoms with Gasteiger partial charge in [0, 0.05) is 9.93 Å². The summed E-state index contributed by atoms with van der Waals surface area (Å²) in [5, 5.41) is 20.4. The number of H-pyrrole nitrogens is 2. The van der Waals surface area contributed by atoms with Crippen molar-refractivity contribution in [1.29, 1.82) is 0 Å². The summed E-state index contributed by atoms with van der Waals surface area (Å²) >= 11 is -1.18. The number of nitrogens with one attached hydrogen (secondary N) is 2. The van der Waals surface area contributed by atoms with Crippen LogP contribution in [0.2, 0.25) is 0 Å². The van der Waals surface area contributed by atoms with Crippen LogP contribution in [0.15, 0.2) is 12.4 Å². The molecular formula is C4H5CdIN6O2. The summed E-state index contributed by atoms with van der Waals surface area (Å²) < 4.78 is 2.14. The molecule has 0 fully saturated rings. The predicted octanol–water partition coefficient (Wildman–Crippen LogP) is -1.36. The number of hydrogen-bond acceptors (Lipinski definition) is 6. The third-order valence-electron chi connectivity index (χ3n) is 1.30. The Bertz CT molecular complexity index is 293. The van der Waals surface area contributed by atoms with Gasteiger partial charge in [0.25, 0.3) is 0 Å². The zero-order valence-corrected chi connectivity index (χ0v) is 13.2. The van der Waals surface area contributed by atoms with E-state index in [4.69, 9.17) is 9.93 Å². The van der Waals surface area contributed by atoms with Gasteiger partial charge in [0.1, 0.15) is 0 Å². The SMILES string of the molecule is I.O=O.c1[nH]nn[c]1[Cd][c]1c[nH]nn1. The van der Waals surface area contributed by atoms with Crippen LogP contribution < -0.4 is 6.51 Å². The topological polar surface area (TPSA) is 117 Å². The summed E-state index contributed by atoms with van der Waals surface area (Å²) in [4.78, 5) is 14.0. The maximum absolute atomic E-state index is 7.00. The van der Waals surface area contributed by atoms with Crippen LogP contribution >= 0.6 is 24.0 Å². The van der Waals surface area contributed by atoms with Gasteiger partial charge in [-0.25, -0.2) is 0 Å². The van der Waals surface area contributed by atoms with Gasteiger partial charge >= 0.3 is 74.0 Å². The molecule has 0 aromatic carbocycles. The third kappa shape index (κ3) is 4.16. The molecule has 0 radical (unpaired) electrons. The van der Waals surface area contributed by atoms with Gasteiger partial charge in [0.05, 0.1) is 0 Å². The Labute approximate surface area is 107 Å². The van der Waals surface area contributed by atoms with Crippen LogP contribution in [0.25, 0.3) is 0 Å². The predicted molar refractivity (Wildman–Crippen MR) is 54.2 cm³/mol. The molecule has 72 valence electrons. The zero-order chi connectivity index (χ0) is 9.52. The van der Waals surface area contributed by atoms with Crippen LogP contribution in [-0.2, 0) is 24.2 Å². The molecule has 10 heteroatoms. The summed E-state index contributed by atoms with van der Waals surface area (Å²) in [6, 6.07) is 0. The van der Waals surface area contributed by atoms with Crippen molar-refractivity contribution in [3.05, 3.63) is 22.3 Å². The third-order valence-corrected chi connectivity index (χ3v) is 5.34. The molecule has 8 nitrogen and oxygen atoms in total. The van der Waals surface area contributed by atoms with Gasteiger partial charge < -0.3 is 0 Å². The average Bonchev–Trinajstić information content (AvgIpc) is 2.81. The standard InChI is InChI=1S/2C2H2N3.Cd.HI.O2/c2*1-2-4-5-3-1;;;1-2/h2*1H,(H,3,4,5);;1H;. The Morgan fingerprint density at radius 2 is 1.43 bits per heavy atom. The fraction of sp³-hybridized carbons (Fsp3) is 0. The Balaban J connectivity index is 0.000000531.